The minimum atomic E-state index is -0.768. The van der Waals surface area contributed by atoms with Gasteiger partial charge >= 0.3 is 0 Å². The molecule has 5 heteroatoms. The molecule has 2 aromatic rings. The van der Waals surface area contributed by atoms with Crippen molar-refractivity contribution < 1.29 is 9.59 Å². The number of hydrogen-bond acceptors (Lipinski definition) is 3. The number of carbonyl (C=O) groups is 2. The van der Waals surface area contributed by atoms with Gasteiger partial charge in [-0.25, -0.2) is 0 Å². The minimum Gasteiger partial charge on any atom is -0.369 e. The number of thiol groups is 1. The molecule has 4 nitrogen and oxygen atoms in total. The molecule has 0 saturated heterocycles. The summed E-state index contributed by atoms with van der Waals surface area (Å²) in [5, 5.41) is 1.88. The van der Waals surface area contributed by atoms with Crippen LogP contribution in [0.5, 0.6) is 0 Å². The van der Waals surface area contributed by atoms with Gasteiger partial charge in [0.25, 0.3) is 0 Å². The van der Waals surface area contributed by atoms with Gasteiger partial charge in [-0.05, 0) is 16.3 Å². The minimum absolute atomic E-state index is 0.173. The molecule has 104 valence electrons. The molecule has 0 saturated carbocycles. The highest BCUT2D eigenvalue weighted by molar-refractivity contribution is 7.80. The average Bonchev–Trinajstić information content (AvgIpc) is 2.43. The van der Waals surface area contributed by atoms with Crippen molar-refractivity contribution in [2.75, 3.05) is 5.75 Å². The number of fused-ring (bicyclic) bond motifs is 1. The Labute approximate surface area is 122 Å². The third-order valence-electron chi connectivity index (χ3n) is 3.43. The van der Waals surface area contributed by atoms with E-state index in [0.717, 1.165) is 10.8 Å². The van der Waals surface area contributed by atoms with E-state index in [2.05, 4.69) is 12.6 Å². The van der Waals surface area contributed by atoms with E-state index in [1.165, 1.54) is 0 Å². The standard InChI is InChI=1S/C15H16N2O2S/c16-14(18)12(8-20)13(15(17)19)11-7-3-5-9-4-1-2-6-10(9)11/h1-7,12-13,20H,8H2,(H2,16,18)(H2,17,19)/t12-,13?/m1/s1. The molecule has 20 heavy (non-hydrogen) atoms. The predicted octanol–water partition coefficient (Wildman–Crippen LogP) is 1.44. The van der Waals surface area contributed by atoms with Crippen LogP contribution in [-0.2, 0) is 9.59 Å². The highest BCUT2D eigenvalue weighted by Gasteiger charge is 2.32. The van der Waals surface area contributed by atoms with Gasteiger partial charge < -0.3 is 11.5 Å². The lowest BCUT2D eigenvalue weighted by molar-refractivity contribution is -0.127. The lowest BCUT2D eigenvalue weighted by atomic mass is 9.83. The van der Waals surface area contributed by atoms with E-state index >= 15 is 0 Å². The van der Waals surface area contributed by atoms with Crippen LogP contribution in [0.25, 0.3) is 10.8 Å². The van der Waals surface area contributed by atoms with Crippen LogP contribution in [0.4, 0.5) is 0 Å². The molecule has 0 aromatic heterocycles. The molecule has 0 heterocycles. The summed E-state index contributed by atoms with van der Waals surface area (Å²) in [6, 6.07) is 13.2. The van der Waals surface area contributed by atoms with Gasteiger partial charge in [0, 0.05) is 5.75 Å². The summed E-state index contributed by atoms with van der Waals surface area (Å²) >= 11 is 4.12. The molecule has 0 aliphatic rings. The molecule has 0 aliphatic carbocycles. The lowest BCUT2D eigenvalue weighted by Gasteiger charge is -2.22. The van der Waals surface area contributed by atoms with Crippen molar-refractivity contribution >= 4 is 35.2 Å². The first-order valence-corrected chi connectivity index (χ1v) is 6.86. The monoisotopic (exact) mass is 288 g/mol. The quantitative estimate of drug-likeness (QED) is 0.727. The third-order valence-corrected chi connectivity index (χ3v) is 3.82. The van der Waals surface area contributed by atoms with E-state index in [0.29, 0.717) is 5.56 Å². The van der Waals surface area contributed by atoms with Gasteiger partial charge in [-0.3, -0.25) is 9.59 Å². The first-order valence-electron chi connectivity index (χ1n) is 6.23. The Morgan fingerprint density at radius 2 is 1.65 bits per heavy atom. The molecule has 0 radical (unpaired) electrons. The first kappa shape index (κ1) is 14.4. The molecule has 4 N–H and O–H groups in total. The SMILES string of the molecule is NC(=O)C(c1cccc2ccccc12)[C@@H](CS)C(N)=O. The maximum atomic E-state index is 11.8. The molecule has 0 spiro atoms. The van der Waals surface area contributed by atoms with Gasteiger partial charge in [0.2, 0.25) is 11.8 Å². The van der Waals surface area contributed by atoms with Crippen molar-refractivity contribution in [2.24, 2.45) is 17.4 Å². The van der Waals surface area contributed by atoms with Crippen LogP contribution < -0.4 is 11.5 Å². The lowest BCUT2D eigenvalue weighted by Crippen LogP contribution is -2.37. The van der Waals surface area contributed by atoms with Crippen LogP contribution in [0, 0.1) is 5.92 Å². The summed E-state index contributed by atoms with van der Waals surface area (Å²) in [7, 11) is 0. The van der Waals surface area contributed by atoms with Crippen molar-refractivity contribution in [1.82, 2.24) is 0 Å². The van der Waals surface area contributed by atoms with E-state index in [9.17, 15) is 9.59 Å². The van der Waals surface area contributed by atoms with Gasteiger partial charge in [-0.2, -0.15) is 12.6 Å². The molecule has 2 rings (SSSR count). The molecule has 1 unspecified atom stereocenters. The van der Waals surface area contributed by atoms with Crippen LogP contribution in [0.3, 0.4) is 0 Å². The molecule has 2 atom stereocenters. The van der Waals surface area contributed by atoms with Crippen LogP contribution in [-0.4, -0.2) is 17.6 Å². The maximum Gasteiger partial charge on any atom is 0.225 e. The third kappa shape index (κ3) is 2.63. The fraction of sp³-hybridized carbons (Fsp3) is 0.200. The molecule has 0 aliphatic heterocycles. The summed E-state index contributed by atoms with van der Waals surface area (Å²) < 4.78 is 0. The van der Waals surface area contributed by atoms with Gasteiger partial charge in [-0.15, -0.1) is 0 Å². The zero-order valence-corrected chi connectivity index (χ0v) is 11.7. The summed E-state index contributed by atoms with van der Waals surface area (Å²) in [5.74, 6) is -2.46. The van der Waals surface area contributed by atoms with Gasteiger partial charge in [0.1, 0.15) is 0 Å². The number of nitrogens with two attached hydrogens (primary N) is 2. The topological polar surface area (TPSA) is 86.2 Å². The number of benzene rings is 2. The Morgan fingerprint density at radius 1 is 1.00 bits per heavy atom. The molecule has 0 fully saturated rings. The summed E-state index contributed by atoms with van der Waals surface area (Å²) in [4.78, 5) is 23.4. The predicted molar refractivity (Wildman–Crippen MR) is 82.4 cm³/mol. The Bertz CT molecular complexity index is 652. The van der Waals surface area contributed by atoms with Crippen LogP contribution in [0.1, 0.15) is 11.5 Å². The van der Waals surface area contributed by atoms with Crippen molar-refractivity contribution in [3.8, 4) is 0 Å². The fourth-order valence-corrected chi connectivity index (χ4v) is 2.84. The molecule has 0 bridgehead atoms. The van der Waals surface area contributed by atoms with Gasteiger partial charge in [-0.1, -0.05) is 42.5 Å². The number of hydrogen-bond donors (Lipinski definition) is 3. The van der Waals surface area contributed by atoms with E-state index in [4.69, 9.17) is 11.5 Å². The summed E-state index contributed by atoms with van der Waals surface area (Å²) in [6.45, 7) is 0. The summed E-state index contributed by atoms with van der Waals surface area (Å²) in [5.41, 5.74) is 11.6. The van der Waals surface area contributed by atoms with E-state index in [-0.39, 0.29) is 5.75 Å². The van der Waals surface area contributed by atoms with Crippen LogP contribution in [0.2, 0.25) is 0 Å². The Morgan fingerprint density at radius 3 is 2.25 bits per heavy atom. The normalized spacial score (nSPS) is 13.8. The molecular weight excluding hydrogens is 272 g/mol. The zero-order valence-electron chi connectivity index (χ0n) is 10.8. The highest BCUT2D eigenvalue weighted by Crippen LogP contribution is 2.31. The van der Waals surface area contributed by atoms with Crippen molar-refractivity contribution in [3.63, 3.8) is 0 Å². The number of carbonyl (C=O) groups excluding carboxylic acids is 2. The second kappa shape index (κ2) is 5.96. The smallest absolute Gasteiger partial charge is 0.225 e. The fourth-order valence-electron chi connectivity index (χ4n) is 2.45. The van der Waals surface area contributed by atoms with Crippen LogP contribution in [0.15, 0.2) is 42.5 Å². The highest BCUT2D eigenvalue weighted by atomic mass is 32.1. The Kier molecular flexibility index (Phi) is 4.29. The Balaban J connectivity index is 2.63. The molecular formula is C15H16N2O2S. The Hall–Kier alpha value is -2.01. The van der Waals surface area contributed by atoms with E-state index in [1.54, 1.807) is 6.07 Å². The summed E-state index contributed by atoms with van der Waals surface area (Å²) in [6.07, 6.45) is 0. The number of amides is 2. The molecule has 2 aromatic carbocycles. The van der Waals surface area contributed by atoms with Gasteiger partial charge in [0.05, 0.1) is 11.8 Å². The number of rotatable bonds is 5. The largest absolute Gasteiger partial charge is 0.369 e. The molecule has 2 amide bonds. The first-order chi connectivity index (χ1) is 9.56. The van der Waals surface area contributed by atoms with Gasteiger partial charge in [0.15, 0.2) is 0 Å². The van der Waals surface area contributed by atoms with Crippen LogP contribution >= 0.6 is 12.6 Å². The van der Waals surface area contributed by atoms with E-state index in [1.807, 2.05) is 36.4 Å². The zero-order chi connectivity index (χ0) is 14.7. The second-order valence-electron chi connectivity index (χ2n) is 4.64. The maximum absolute atomic E-state index is 11.8. The van der Waals surface area contributed by atoms with Crippen molar-refractivity contribution in [3.05, 3.63) is 48.0 Å². The number of primary amides is 2. The van der Waals surface area contributed by atoms with Crippen molar-refractivity contribution in [2.45, 2.75) is 5.92 Å². The second-order valence-corrected chi connectivity index (χ2v) is 5.01. The average molecular weight is 288 g/mol. The van der Waals surface area contributed by atoms with E-state index < -0.39 is 23.7 Å². The van der Waals surface area contributed by atoms with Crippen molar-refractivity contribution in [1.29, 1.82) is 0 Å².